The van der Waals surface area contributed by atoms with E-state index in [9.17, 15) is 12.8 Å². The monoisotopic (exact) mass is 444 g/mol. The van der Waals surface area contributed by atoms with Crippen LogP contribution in [0.25, 0.3) is 0 Å². The maximum absolute atomic E-state index is 13.4. The number of aryl methyl sites for hydroxylation is 1. The highest BCUT2D eigenvalue weighted by Gasteiger charge is 2.28. The van der Waals surface area contributed by atoms with Crippen molar-refractivity contribution in [2.45, 2.75) is 10.9 Å². The van der Waals surface area contributed by atoms with Gasteiger partial charge in [-0.25, -0.2) is 22.8 Å². The van der Waals surface area contributed by atoms with Crippen LogP contribution in [0, 0.1) is 5.82 Å². The molecule has 1 aliphatic heterocycles. The summed E-state index contributed by atoms with van der Waals surface area (Å²) in [6, 6.07) is 8.99. The average molecular weight is 445 g/mol. The molecule has 164 valence electrons. The third-order valence-electron chi connectivity index (χ3n) is 5.45. The predicted octanol–water partition coefficient (Wildman–Crippen LogP) is 2.09. The molecule has 1 fully saturated rings. The molecule has 3 aromatic rings. The lowest BCUT2D eigenvalue weighted by Gasteiger charge is -2.31. The van der Waals surface area contributed by atoms with Crippen molar-refractivity contribution in [1.82, 2.24) is 23.7 Å². The Morgan fingerprint density at radius 1 is 1.00 bits per heavy atom. The SMILES string of the molecule is CN1CCN(S(=O)(=O)c2ccc(NC(c3ccc(F)cc3)c3nccn3C)nc2)CC1. The summed E-state index contributed by atoms with van der Waals surface area (Å²) in [5, 5.41) is 3.29. The first kappa shape index (κ1) is 21.4. The molecule has 1 unspecified atom stereocenters. The summed E-state index contributed by atoms with van der Waals surface area (Å²) in [6.07, 6.45) is 4.88. The number of nitrogens with zero attached hydrogens (tertiary/aromatic N) is 5. The third kappa shape index (κ3) is 4.60. The van der Waals surface area contributed by atoms with E-state index in [2.05, 4.69) is 20.2 Å². The van der Waals surface area contributed by atoms with Crippen LogP contribution < -0.4 is 5.32 Å². The van der Waals surface area contributed by atoms with E-state index in [4.69, 9.17) is 0 Å². The summed E-state index contributed by atoms with van der Waals surface area (Å²) < 4.78 is 42.6. The molecule has 1 N–H and O–H groups in total. The highest BCUT2D eigenvalue weighted by atomic mass is 32.2. The van der Waals surface area contributed by atoms with E-state index < -0.39 is 10.0 Å². The van der Waals surface area contributed by atoms with E-state index in [0.717, 1.165) is 11.4 Å². The maximum Gasteiger partial charge on any atom is 0.244 e. The van der Waals surface area contributed by atoms with Crippen LogP contribution >= 0.6 is 0 Å². The third-order valence-corrected chi connectivity index (χ3v) is 7.33. The van der Waals surface area contributed by atoms with Gasteiger partial charge in [-0.3, -0.25) is 0 Å². The molecule has 0 aliphatic carbocycles. The Labute approximate surface area is 181 Å². The second kappa shape index (κ2) is 8.74. The van der Waals surface area contributed by atoms with Crippen LogP contribution in [-0.2, 0) is 17.1 Å². The first-order chi connectivity index (χ1) is 14.8. The number of aromatic nitrogens is 3. The first-order valence-electron chi connectivity index (χ1n) is 9.98. The molecule has 0 radical (unpaired) electrons. The number of benzene rings is 1. The summed E-state index contributed by atoms with van der Waals surface area (Å²) in [5.74, 6) is 0.899. The van der Waals surface area contributed by atoms with Gasteiger partial charge in [-0.2, -0.15) is 4.31 Å². The minimum absolute atomic E-state index is 0.165. The van der Waals surface area contributed by atoms with Crippen LogP contribution in [0.1, 0.15) is 17.4 Å². The van der Waals surface area contributed by atoms with E-state index in [0.29, 0.717) is 32.0 Å². The molecule has 3 heterocycles. The van der Waals surface area contributed by atoms with Crippen molar-refractivity contribution in [3.05, 3.63) is 72.2 Å². The number of hydrogen-bond acceptors (Lipinski definition) is 6. The zero-order chi connectivity index (χ0) is 22.0. The highest BCUT2D eigenvalue weighted by molar-refractivity contribution is 7.89. The van der Waals surface area contributed by atoms with Gasteiger partial charge in [-0.1, -0.05) is 12.1 Å². The maximum atomic E-state index is 13.4. The molecular formula is C21H25FN6O2S. The van der Waals surface area contributed by atoms with Gasteiger partial charge in [0.25, 0.3) is 0 Å². The summed E-state index contributed by atoms with van der Waals surface area (Å²) >= 11 is 0. The normalized spacial score (nSPS) is 16.9. The number of imidazole rings is 1. The Morgan fingerprint density at radius 3 is 2.29 bits per heavy atom. The quantitative estimate of drug-likeness (QED) is 0.627. The van der Waals surface area contributed by atoms with Gasteiger partial charge in [0.05, 0.1) is 0 Å². The molecule has 1 aliphatic rings. The number of hydrogen-bond donors (Lipinski definition) is 1. The van der Waals surface area contributed by atoms with E-state index in [-0.39, 0.29) is 16.8 Å². The molecule has 1 saturated heterocycles. The topological polar surface area (TPSA) is 83.4 Å². The Bertz CT molecular complexity index is 1120. The molecule has 1 aromatic carbocycles. The van der Waals surface area contributed by atoms with Crippen LogP contribution in [0.3, 0.4) is 0 Å². The van der Waals surface area contributed by atoms with Crippen molar-refractivity contribution in [3.63, 3.8) is 0 Å². The molecule has 2 aromatic heterocycles. The van der Waals surface area contributed by atoms with Crippen molar-refractivity contribution in [2.24, 2.45) is 7.05 Å². The van der Waals surface area contributed by atoms with Gasteiger partial charge in [-0.15, -0.1) is 0 Å². The second-order valence-corrected chi connectivity index (χ2v) is 9.55. The van der Waals surface area contributed by atoms with E-state index in [1.54, 1.807) is 30.5 Å². The van der Waals surface area contributed by atoms with Crippen LogP contribution in [0.4, 0.5) is 10.2 Å². The molecule has 10 heteroatoms. The summed E-state index contributed by atoms with van der Waals surface area (Å²) in [4.78, 5) is 11.0. The molecule has 0 amide bonds. The number of pyridine rings is 1. The number of halogens is 1. The first-order valence-corrected chi connectivity index (χ1v) is 11.4. The fourth-order valence-corrected chi connectivity index (χ4v) is 4.92. The molecule has 0 bridgehead atoms. The van der Waals surface area contributed by atoms with Gasteiger partial charge in [0.1, 0.15) is 28.4 Å². The van der Waals surface area contributed by atoms with E-state index in [1.807, 2.05) is 24.9 Å². The Morgan fingerprint density at radius 2 is 1.71 bits per heavy atom. The Hall–Kier alpha value is -2.82. The van der Waals surface area contributed by atoms with Gasteiger partial charge in [-0.05, 0) is 36.9 Å². The molecule has 8 nitrogen and oxygen atoms in total. The minimum Gasteiger partial charge on any atom is -0.356 e. The summed E-state index contributed by atoms with van der Waals surface area (Å²) in [6.45, 7) is 2.33. The fraction of sp³-hybridized carbons (Fsp3) is 0.333. The number of anilines is 1. The van der Waals surface area contributed by atoms with E-state index >= 15 is 0 Å². The summed E-state index contributed by atoms with van der Waals surface area (Å²) in [5.41, 5.74) is 0.812. The van der Waals surface area contributed by atoms with Crippen molar-refractivity contribution in [1.29, 1.82) is 0 Å². The van der Waals surface area contributed by atoms with Gasteiger partial charge in [0.15, 0.2) is 0 Å². The van der Waals surface area contributed by atoms with Gasteiger partial charge >= 0.3 is 0 Å². The standard InChI is InChI=1S/C21H25FN6O2S/c1-26-11-13-28(14-12-26)31(29,30)18-7-8-19(24-15-18)25-20(21-23-9-10-27(21)2)16-3-5-17(22)6-4-16/h3-10,15,20H,11-14H2,1-2H3,(H,24,25). The molecular weight excluding hydrogens is 419 g/mol. The highest BCUT2D eigenvalue weighted by Crippen LogP contribution is 2.26. The number of likely N-dealkylation sites (N-methyl/N-ethyl adjacent to an activating group) is 1. The van der Waals surface area contributed by atoms with Crippen molar-refractivity contribution >= 4 is 15.8 Å². The number of rotatable bonds is 6. The van der Waals surface area contributed by atoms with Crippen LogP contribution in [0.15, 0.2) is 59.9 Å². The lowest BCUT2D eigenvalue weighted by atomic mass is 10.1. The zero-order valence-corrected chi connectivity index (χ0v) is 18.3. The van der Waals surface area contributed by atoms with Crippen molar-refractivity contribution in [2.75, 3.05) is 38.5 Å². The van der Waals surface area contributed by atoms with Gasteiger partial charge in [0.2, 0.25) is 10.0 Å². The molecule has 1 atom stereocenters. The predicted molar refractivity (Wildman–Crippen MR) is 116 cm³/mol. The average Bonchev–Trinajstić information content (AvgIpc) is 3.19. The largest absolute Gasteiger partial charge is 0.356 e. The van der Waals surface area contributed by atoms with Gasteiger partial charge < -0.3 is 14.8 Å². The van der Waals surface area contributed by atoms with Gasteiger partial charge in [0, 0.05) is 51.8 Å². The van der Waals surface area contributed by atoms with E-state index in [1.165, 1.54) is 22.6 Å². The molecule has 31 heavy (non-hydrogen) atoms. The second-order valence-electron chi connectivity index (χ2n) is 7.61. The van der Waals surface area contributed by atoms with Crippen LogP contribution in [-0.4, -0.2) is 65.4 Å². The Balaban J connectivity index is 1.57. The number of piperazine rings is 1. The van der Waals surface area contributed by atoms with Crippen LogP contribution in [0.5, 0.6) is 0 Å². The Kier molecular flexibility index (Phi) is 6.03. The number of sulfonamides is 1. The smallest absolute Gasteiger partial charge is 0.244 e. The molecule has 0 saturated carbocycles. The lowest BCUT2D eigenvalue weighted by molar-refractivity contribution is 0.222. The van der Waals surface area contributed by atoms with Crippen molar-refractivity contribution < 1.29 is 12.8 Å². The fourth-order valence-electron chi connectivity index (χ4n) is 3.55. The molecule has 0 spiro atoms. The summed E-state index contributed by atoms with van der Waals surface area (Å²) in [7, 11) is 0.273. The lowest BCUT2D eigenvalue weighted by Crippen LogP contribution is -2.47. The molecule has 4 rings (SSSR count). The zero-order valence-electron chi connectivity index (χ0n) is 17.4. The number of nitrogens with one attached hydrogen (secondary N) is 1. The van der Waals surface area contributed by atoms with Crippen LogP contribution in [0.2, 0.25) is 0 Å². The minimum atomic E-state index is -3.58. The van der Waals surface area contributed by atoms with Crippen molar-refractivity contribution in [3.8, 4) is 0 Å².